The molecule has 0 aromatic rings. The van der Waals surface area contributed by atoms with Crippen LogP contribution in [0.4, 0.5) is 0 Å². The van der Waals surface area contributed by atoms with Crippen molar-refractivity contribution in [3.05, 3.63) is 72.9 Å². The topological polar surface area (TPSA) is 78.9 Å². The molecule has 0 aliphatic rings. The van der Waals surface area contributed by atoms with Crippen molar-refractivity contribution in [2.45, 2.75) is 284 Å². The van der Waals surface area contributed by atoms with Gasteiger partial charge in [-0.05, 0) is 83.5 Å². The lowest BCUT2D eigenvalue weighted by Gasteiger charge is -2.18. The Labute approximate surface area is 414 Å². The van der Waals surface area contributed by atoms with Crippen molar-refractivity contribution >= 4 is 17.9 Å². The summed E-state index contributed by atoms with van der Waals surface area (Å²) in [5.74, 6) is -0.980. The monoisotopic (exact) mass is 935 g/mol. The van der Waals surface area contributed by atoms with Gasteiger partial charge in [0.2, 0.25) is 0 Å². The van der Waals surface area contributed by atoms with E-state index in [0.29, 0.717) is 19.3 Å². The average Bonchev–Trinajstić information content (AvgIpc) is 3.33. The lowest BCUT2D eigenvalue weighted by Crippen LogP contribution is -2.30. The van der Waals surface area contributed by atoms with E-state index >= 15 is 0 Å². The summed E-state index contributed by atoms with van der Waals surface area (Å²) in [6, 6.07) is 0. The highest BCUT2D eigenvalue weighted by molar-refractivity contribution is 5.71. The Balaban J connectivity index is 4.46. The van der Waals surface area contributed by atoms with Crippen LogP contribution < -0.4 is 0 Å². The largest absolute Gasteiger partial charge is 0.462 e. The van der Waals surface area contributed by atoms with Crippen LogP contribution in [0.5, 0.6) is 0 Å². The molecule has 0 saturated heterocycles. The Hall–Kier alpha value is -3.15. The standard InChI is InChI=1S/C61H106O6/c1-4-7-10-13-16-19-22-25-27-29-30-32-34-37-39-42-45-48-51-54-60(63)66-57-58(67-61(64)55-52-49-46-43-40-35-24-21-18-15-12-9-6-3)56-65-59(62)53-50-47-44-41-38-36-33-31-28-26-23-20-17-14-11-8-5-2/h16,19,25-28,30,32,37,39,45,48,58H,4-15,17-18,20-24,29,31,33-36,38,40-44,46-47,49-57H2,1-3H3/b19-16-,27-25-,28-26-,32-30-,39-37-,48-45-/t58-/m0/s1. The molecule has 0 bridgehead atoms. The van der Waals surface area contributed by atoms with E-state index in [1.54, 1.807) is 0 Å². The number of esters is 3. The Bertz CT molecular complexity index is 1260. The molecule has 386 valence electrons. The highest BCUT2D eigenvalue weighted by Crippen LogP contribution is 2.15. The summed E-state index contributed by atoms with van der Waals surface area (Å²) in [7, 11) is 0. The molecular formula is C61H106O6. The van der Waals surface area contributed by atoms with E-state index < -0.39 is 6.10 Å². The van der Waals surface area contributed by atoms with Gasteiger partial charge in [0, 0.05) is 19.3 Å². The van der Waals surface area contributed by atoms with Crippen LogP contribution in [0.25, 0.3) is 0 Å². The van der Waals surface area contributed by atoms with Crippen LogP contribution in [0.3, 0.4) is 0 Å². The number of rotatable bonds is 51. The number of carbonyl (C=O) groups excluding carboxylic acids is 3. The van der Waals surface area contributed by atoms with Gasteiger partial charge in [-0.1, -0.05) is 248 Å². The first-order valence-corrected chi connectivity index (χ1v) is 28.4. The minimum absolute atomic E-state index is 0.0984. The summed E-state index contributed by atoms with van der Waals surface area (Å²) < 4.78 is 16.8. The Kier molecular flexibility index (Phi) is 52.8. The second-order valence-corrected chi connectivity index (χ2v) is 18.8. The molecule has 0 N–H and O–H groups in total. The number of unbranched alkanes of at least 4 members (excludes halogenated alkanes) is 28. The van der Waals surface area contributed by atoms with E-state index in [-0.39, 0.29) is 37.5 Å². The summed E-state index contributed by atoms with van der Waals surface area (Å²) in [5, 5.41) is 0. The first-order chi connectivity index (χ1) is 33.0. The first kappa shape index (κ1) is 63.8. The fourth-order valence-electron chi connectivity index (χ4n) is 7.89. The molecule has 0 heterocycles. The second kappa shape index (κ2) is 55.4. The molecule has 6 nitrogen and oxygen atoms in total. The van der Waals surface area contributed by atoms with Crippen molar-refractivity contribution in [3.8, 4) is 0 Å². The summed E-state index contributed by atoms with van der Waals surface area (Å²) in [4.78, 5) is 38.1. The summed E-state index contributed by atoms with van der Waals surface area (Å²) >= 11 is 0. The lowest BCUT2D eigenvalue weighted by atomic mass is 10.0. The normalized spacial score (nSPS) is 12.6. The van der Waals surface area contributed by atoms with E-state index in [0.717, 1.165) is 64.2 Å². The van der Waals surface area contributed by atoms with Gasteiger partial charge in [0.05, 0.1) is 0 Å². The van der Waals surface area contributed by atoms with E-state index in [2.05, 4.69) is 87.6 Å². The van der Waals surface area contributed by atoms with Gasteiger partial charge in [-0.25, -0.2) is 0 Å². The first-order valence-electron chi connectivity index (χ1n) is 28.4. The van der Waals surface area contributed by atoms with Crippen LogP contribution in [0.1, 0.15) is 278 Å². The molecule has 67 heavy (non-hydrogen) atoms. The van der Waals surface area contributed by atoms with Gasteiger partial charge in [-0.15, -0.1) is 0 Å². The number of carbonyl (C=O) groups is 3. The third-order valence-electron chi connectivity index (χ3n) is 12.2. The van der Waals surface area contributed by atoms with Crippen molar-refractivity contribution < 1.29 is 28.6 Å². The van der Waals surface area contributed by atoms with Crippen molar-refractivity contribution in [3.63, 3.8) is 0 Å². The fourth-order valence-corrected chi connectivity index (χ4v) is 7.89. The zero-order chi connectivity index (χ0) is 48.6. The molecule has 0 aliphatic carbocycles. The second-order valence-electron chi connectivity index (χ2n) is 18.8. The number of allylic oxidation sites excluding steroid dienone is 12. The van der Waals surface area contributed by atoms with Crippen molar-refractivity contribution in [1.82, 2.24) is 0 Å². The summed E-state index contributed by atoms with van der Waals surface area (Å²) in [5.41, 5.74) is 0. The SMILES string of the molecule is CCCCC/C=C\C/C=C\C/C=C\C/C=C\C/C=C\CCC(=O)OC[C@H](COC(=O)CCCCCCCCC/C=C\CCCCCCCC)OC(=O)CCCCCCCCCCCCCCC. The van der Waals surface area contributed by atoms with E-state index in [4.69, 9.17) is 14.2 Å². The molecule has 1 atom stereocenters. The predicted molar refractivity (Wildman–Crippen MR) is 288 cm³/mol. The van der Waals surface area contributed by atoms with Gasteiger partial charge < -0.3 is 14.2 Å². The Morgan fingerprint density at radius 2 is 0.567 bits per heavy atom. The molecule has 0 saturated carbocycles. The Morgan fingerprint density at radius 3 is 0.970 bits per heavy atom. The van der Waals surface area contributed by atoms with Crippen LogP contribution >= 0.6 is 0 Å². The van der Waals surface area contributed by atoms with Gasteiger partial charge in [-0.2, -0.15) is 0 Å². The van der Waals surface area contributed by atoms with E-state index in [1.807, 2.05) is 6.08 Å². The third-order valence-corrected chi connectivity index (χ3v) is 12.2. The van der Waals surface area contributed by atoms with Crippen molar-refractivity contribution in [1.29, 1.82) is 0 Å². The van der Waals surface area contributed by atoms with Crippen molar-refractivity contribution in [2.75, 3.05) is 13.2 Å². The van der Waals surface area contributed by atoms with Crippen LogP contribution in [-0.4, -0.2) is 37.2 Å². The molecule has 0 unspecified atom stereocenters. The highest BCUT2D eigenvalue weighted by Gasteiger charge is 2.19. The summed E-state index contributed by atoms with van der Waals surface area (Å²) in [6.07, 6.45) is 70.4. The maximum absolute atomic E-state index is 12.8. The third kappa shape index (κ3) is 53.7. The molecule has 0 radical (unpaired) electrons. The van der Waals surface area contributed by atoms with Gasteiger partial charge in [0.25, 0.3) is 0 Å². The van der Waals surface area contributed by atoms with Crippen LogP contribution in [0, 0.1) is 0 Å². The molecule has 0 aliphatic heterocycles. The summed E-state index contributed by atoms with van der Waals surface area (Å²) in [6.45, 7) is 6.56. The van der Waals surface area contributed by atoms with Gasteiger partial charge >= 0.3 is 17.9 Å². The van der Waals surface area contributed by atoms with Gasteiger partial charge in [-0.3, -0.25) is 14.4 Å². The minimum atomic E-state index is -0.805. The molecule has 0 aromatic carbocycles. The Morgan fingerprint density at radius 1 is 0.299 bits per heavy atom. The quantitative estimate of drug-likeness (QED) is 0.0262. The van der Waals surface area contributed by atoms with E-state index in [1.165, 1.54) is 167 Å². The number of hydrogen-bond donors (Lipinski definition) is 0. The predicted octanol–water partition coefficient (Wildman–Crippen LogP) is 19.0. The molecule has 6 heteroatoms. The minimum Gasteiger partial charge on any atom is -0.462 e. The number of ether oxygens (including phenoxy) is 3. The molecule has 0 fully saturated rings. The molecule has 0 spiro atoms. The molecule has 0 rings (SSSR count). The molecule has 0 aromatic heterocycles. The number of hydrogen-bond acceptors (Lipinski definition) is 6. The van der Waals surface area contributed by atoms with Gasteiger partial charge in [0.1, 0.15) is 13.2 Å². The smallest absolute Gasteiger partial charge is 0.306 e. The maximum atomic E-state index is 12.8. The fraction of sp³-hybridized carbons (Fsp3) is 0.754. The molecule has 0 amide bonds. The van der Waals surface area contributed by atoms with E-state index in [9.17, 15) is 14.4 Å². The maximum Gasteiger partial charge on any atom is 0.306 e. The van der Waals surface area contributed by atoms with Gasteiger partial charge in [0.15, 0.2) is 6.10 Å². The van der Waals surface area contributed by atoms with Crippen LogP contribution in [0.2, 0.25) is 0 Å². The van der Waals surface area contributed by atoms with Crippen LogP contribution in [-0.2, 0) is 28.6 Å². The zero-order valence-electron chi connectivity index (χ0n) is 44.2. The average molecular weight is 936 g/mol. The van der Waals surface area contributed by atoms with Crippen molar-refractivity contribution in [2.24, 2.45) is 0 Å². The zero-order valence-corrected chi connectivity index (χ0v) is 44.2. The lowest BCUT2D eigenvalue weighted by molar-refractivity contribution is -0.166. The molecular weight excluding hydrogens is 829 g/mol. The van der Waals surface area contributed by atoms with Crippen LogP contribution in [0.15, 0.2) is 72.9 Å². The highest BCUT2D eigenvalue weighted by atomic mass is 16.6.